The van der Waals surface area contributed by atoms with Gasteiger partial charge in [-0.25, -0.2) is 9.97 Å². The number of rotatable bonds is 6. The quantitative estimate of drug-likeness (QED) is 0.798. The summed E-state index contributed by atoms with van der Waals surface area (Å²) in [6.45, 7) is 3.33. The first-order valence-corrected chi connectivity index (χ1v) is 8.63. The van der Waals surface area contributed by atoms with Gasteiger partial charge in [-0.05, 0) is 17.7 Å². The van der Waals surface area contributed by atoms with Gasteiger partial charge in [0.05, 0.1) is 24.9 Å². The first-order valence-electron chi connectivity index (χ1n) is 8.63. The summed E-state index contributed by atoms with van der Waals surface area (Å²) in [7, 11) is 0. The number of hydrogen-bond donors (Lipinski definition) is 2. The Labute approximate surface area is 155 Å². The monoisotopic (exact) mass is 382 g/mol. The van der Waals surface area contributed by atoms with E-state index in [1.54, 1.807) is 12.4 Å². The molecule has 0 radical (unpaired) electrons. The highest BCUT2D eigenvalue weighted by atomic mass is 19.4. The number of ether oxygens (including phenoxy) is 1. The molecular weight excluding hydrogens is 361 g/mol. The fourth-order valence-corrected chi connectivity index (χ4v) is 2.76. The Morgan fingerprint density at radius 1 is 1.19 bits per heavy atom. The van der Waals surface area contributed by atoms with Crippen molar-refractivity contribution in [3.8, 4) is 0 Å². The smallest absolute Gasteiger partial charge is 0.387 e. The third-order valence-electron chi connectivity index (χ3n) is 4.25. The molecular formula is C18H21F3N4O2. The van der Waals surface area contributed by atoms with Gasteiger partial charge in [0.25, 0.3) is 0 Å². The van der Waals surface area contributed by atoms with E-state index in [2.05, 4.69) is 15.3 Å². The van der Waals surface area contributed by atoms with Crippen LogP contribution < -0.4 is 10.2 Å². The molecule has 3 rings (SSSR count). The normalized spacial score (nSPS) is 16.4. The minimum Gasteiger partial charge on any atom is -0.387 e. The molecule has 1 fully saturated rings. The first-order chi connectivity index (χ1) is 12.9. The number of alkyl halides is 3. The first kappa shape index (κ1) is 19.5. The van der Waals surface area contributed by atoms with Gasteiger partial charge in [-0.1, -0.05) is 12.1 Å². The summed E-state index contributed by atoms with van der Waals surface area (Å²) in [5.74, 6) is 0.644. The zero-order valence-corrected chi connectivity index (χ0v) is 14.6. The second kappa shape index (κ2) is 8.64. The predicted octanol–water partition coefficient (Wildman–Crippen LogP) is 2.16. The molecule has 0 amide bonds. The van der Waals surface area contributed by atoms with Crippen molar-refractivity contribution in [2.45, 2.75) is 18.8 Å². The summed E-state index contributed by atoms with van der Waals surface area (Å²) in [6, 6.07) is 4.71. The summed E-state index contributed by atoms with van der Waals surface area (Å²) < 4.78 is 43.5. The zero-order chi connectivity index (χ0) is 19.3. The Kier molecular flexibility index (Phi) is 6.25. The van der Waals surface area contributed by atoms with Gasteiger partial charge in [0, 0.05) is 44.1 Å². The molecule has 0 bridgehead atoms. The predicted molar refractivity (Wildman–Crippen MR) is 93.2 cm³/mol. The number of aromatic nitrogens is 2. The molecule has 1 aliphatic heterocycles. The number of morpholine rings is 1. The van der Waals surface area contributed by atoms with E-state index in [-0.39, 0.29) is 12.1 Å². The van der Waals surface area contributed by atoms with Gasteiger partial charge < -0.3 is 20.1 Å². The number of hydrogen-bond acceptors (Lipinski definition) is 6. The highest BCUT2D eigenvalue weighted by Crippen LogP contribution is 2.30. The topological polar surface area (TPSA) is 70.5 Å². The van der Waals surface area contributed by atoms with Crippen LogP contribution in [0, 0.1) is 0 Å². The summed E-state index contributed by atoms with van der Waals surface area (Å²) in [6.07, 6.45) is -2.08. The van der Waals surface area contributed by atoms with Crippen LogP contribution in [0.2, 0.25) is 0 Å². The average molecular weight is 382 g/mol. The maximum atomic E-state index is 12.8. The summed E-state index contributed by atoms with van der Waals surface area (Å²) >= 11 is 0. The minimum atomic E-state index is -4.43. The Bertz CT molecular complexity index is 734. The summed E-state index contributed by atoms with van der Waals surface area (Å²) in [5, 5.41) is 13.1. The van der Waals surface area contributed by atoms with Crippen molar-refractivity contribution in [2.75, 3.05) is 37.7 Å². The number of halogens is 3. The lowest BCUT2D eigenvalue weighted by Gasteiger charge is -2.26. The second-order valence-electron chi connectivity index (χ2n) is 6.26. The Morgan fingerprint density at radius 3 is 2.56 bits per heavy atom. The molecule has 0 unspecified atom stereocenters. The van der Waals surface area contributed by atoms with Crippen LogP contribution in [0.25, 0.3) is 0 Å². The van der Waals surface area contributed by atoms with Gasteiger partial charge in [-0.3, -0.25) is 0 Å². The van der Waals surface area contributed by atoms with E-state index in [4.69, 9.17) is 4.74 Å². The van der Waals surface area contributed by atoms with Crippen molar-refractivity contribution in [3.63, 3.8) is 0 Å². The number of anilines is 1. The summed E-state index contributed by atoms with van der Waals surface area (Å²) in [4.78, 5) is 10.7. The van der Waals surface area contributed by atoms with Crippen molar-refractivity contribution in [2.24, 2.45) is 0 Å². The molecule has 1 atom stereocenters. The van der Waals surface area contributed by atoms with Gasteiger partial charge >= 0.3 is 6.18 Å². The molecule has 1 aromatic heterocycles. The SMILES string of the molecule is O[C@@H](CNCc1cnc(N2CCOCC2)nc1)c1cccc(C(F)(F)F)c1. The molecule has 146 valence electrons. The molecule has 0 saturated carbocycles. The van der Waals surface area contributed by atoms with Crippen molar-refractivity contribution < 1.29 is 23.0 Å². The third-order valence-corrected chi connectivity index (χ3v) is 4.25. The third kappa shape index (κ3) is 5.38. The molecule has 6 nitrogen and oxygen atoms in total. The van der Waals surface area contributed by atoms with Crippen molar-refractivity contribution in [3.05, 3.63) is 53.3 Å². The van der Waals surface area contributed by atoms with Crippen LogP contribution in [0.3, 0.4) is 0 Å². The van der Waals surface area contributed by atoms with Gasteiger partial charge in [-0.2, -0.15) is 13.2 Å². The van der Waals surface area contributed by atoms with E-state index in [1.165, 1.54) is 12.1 Å². The zero-order valence-electron chi connectivity index (χ0n) is 14.6. The largest absolute Gasteiger partial charge is 0.416 e. The number of benzene rings is 1. The Balaban J connectivity index is 1.50. The van der Waals surface area contributed by atoms with Gasteiger partial charge in [0.2, 0.25) is 5.95 Å². The molecule has 2 aromatic rings. The van der Waals surface area contributed by atoms with E-state index in [9.17, 15) is 18.3 Å². The molecule has 27 heavy (non-hydrogen) atoms. The standard InChI is InChI=1S/C18H21F3N4O2/c19-18(20,21)15-3-1-2-14(8-15)16(26)12-22-9-13-10-23-17(24-11-13)25-4-6-27-7-5-25/h1-3,8,10-11,16,22,26H,4-7,9,12H2/t16-/m0/s1. The number of nitrogens with zero attached hydrogens (tertiary/aromatic N) is 3. The van der Waals surface area contributed by atoms with Crippen LogP contribution >= 0.6 is 0 Å². The van der Waals surface area contributed by atoms with Crippen LogP contribution in [-0.2, 0) is 17.5 Å². The minimum absolute atomic E-state index is 0.118. The lowest BCUT2D eigenvalue weighted by atomic mass is 10.1. The van der Waals surface area contributed by atoms with Gasteiger partial charge in [-0.15, -0.1) is 0 Å². The molecule has 9 heteroatoms. The van der Waals surface area contributed by atoms with Crippen molar-refractivity contribution >= 4 is 5.95 Å². The highest BCUT2D eigenvalue weighted by molar-refractivity contribution is 5.30. The van der Waals surface area contributed by atoms with Crippen LogP contribution in [0.1, 0.15) is 22.8 Å². The molecule has 2 heterocycles. The molecule has 1 aliphatic rings. The Morgan fingerprint density at radius 2 is 1.89 bits per heavy atom. The van der Waals surface area contributed by atoms with Crippen molar-refractivity contribution in [1.29, 1.82) is 0 Å². The maximum absolute atomic E-state index is 12.8. The fourth-order valence-electron chi connectivity index (χ4n) is 2.76. The van der Waals surface area contributed by atoms with E-state index in [0.29, 0.717) is 25.7 Å². The van der Waals surface area contributed by atoms with Crippen molar-refractivity contribution in [1.82, 2.24) is 15.3 Å². The van der Waals surface area contributed by atoms with Crippen LogP contribution in [-0.4, -0.2) is 47.9 Å². The fraction of sp³-hybridized carbons (Fsp3) is 0.444. The maximum Gasteiger partial charge on any atom is 0.416 e. The average Bonchev–Trinajstić information content (AvgIpc) is 2.68. The molecule has 0 spiro atoms. The van der Waals surface area contributed by atoms with Crippen LogP contribution in [0.4, 0.5) is 19.1 Å². The van der Waals surface area contributed by atoms with E-state index in [0.717, 1.165) is 30.8 Å². The number of aliphatic hydroxyl groups is 1. The van der Waals surface area contributed by atoms with Gasteiger partial charge in [0.1, 0.15) is 0 Å². The molecule has 1 aromatic carbocycles. The van der Waals surface area contributed by atoms with Crippen LogP contribution in [0.15, 0.2) is 36.7 Å². The number of aliphatic hydroxyl groups excluding tert-OH is 1. The van der Waals surface area contributed by atoms with E-state index < -0.39 is 17.8 Å². The van der Waals surface area contributed by atoms with E-state index in [1.807, 2.05) is 4.90 Å². The molecule has 2 N–H and O–H groups in total. The summed E-state index contributed by atoms with van der Waals surface area (Å²) in [5.41, 5.74) is 0.269. The lowest BCUT2D eigenvalue weighted by molar-refractivity contribution is -0.137. The van der Waals surface area contributed by atoms with E-state index >= 15 is 0 Å². The van der Waals surface area contributed by atoms with Gasteiger partial charge in [0.15, 0.2) is 0 Å². The second-order valence-corrected chi connectivity index (χ2v) is 6.26. The highest BCUT2D eigenvalue weighted by Gasteiger charge is 2.30. The Hall–Kier alpha value is -2.23. The number of nitrogens with one attached hydrogen (secondary N) is 1. The molecule has 0 aliphatic carbocycles. The molecule has 1 saturated heterocycles. The lowest BCUT2D eigenvalue weighted by Crippen LogP contribution is -2.37. The van der Waals surface area contributed by atoms with Crippen LogP contribution in [0.5, 0.6) is 0 Å².